The molecular weight excluding hydrogens is 348 g/mol. The molecule has 1 aromatic carbocycles. The van der Waals surface area contributed by atoms with E-state index in [1.54, 1.807) is 7.11 Å². The third kappa shape index (κ3) is 2.59. The fraction of sp³-hybridized carbons (Fsp3) is 0.316. The Morgan fingerprint density at radius 1 is 1.23 bits per heavy atom. The van der Waals surface area contributed by atoms with E-state index in [1.165, 1.54) is 16.9 Å². The average Bonchev–Trinajstić information content (AvgIpc) is 2.95. The maximum atomic E-state index is 12.9. The van der Waals surface area contributed by atoms with Crippen LogP contribution in [0.5, 0.6) is 5.75 Å². The van der Waals surface area contributed by atoms with E-state index in [9.17, 15) is 4.79 Å². The zero-order chi connectivity index (χ0) is 18.4. The number of nitrogen functional groups attached to an aromatic ring is 1. The van der Waals surface area contributed by atoms with E-state index in [0.717, 1.165) is 27.2 Å². The van der Waals surface area contributed by atoms with Gasteiger partial charge in [-0.05, 0) is 37.1 Å². The second kappa shape index (κ2) is 6.25. The van der Waals surface area contributed by atoms with Crippen molar-refractivity contribution in [3.8, 4) is 5.75 Å². The summed E-state index contributed by atoms with van der Waals surface area (Å²) in [6.45, 7) is 5.26. The molecule has 6 nitrogen and oxygen atoms in total. The first kappa shape index (κ1) is 16.8. The molecule has 1 aliphatic heterocycles. The number of anilines is 1. The molecule has 7 heteroatoms. The van der Waals surface area contributed by atoms with Gasteiger partial charge in [-0.25, -0.2) is 0 Å². The van der Waals surface area contributed by atoms with Crippen molar-refractivity contribution < 1.29 is 9.53 Å². The minimum absolute atomic E-state index is 0.0210. The number of methoxy groups -OCH3 is 1. The Labute approximate surface area is 155 Å². The standard InChI is InChI=1S/C19H20N4O2S/c1-10-11(2)21-22-18-15(10)16(20)17(26-18)19(24)23-8-13(9-23)12-4-6-14(25-3)7-5-12/h4-7,13H,8-9,20H2,1-3H3. The minimum atomic E-state index is -0.0210. The molecule has 2 N–H and O–H groups in total. The van der Waals surface area contributed by atoms with E-state index in [2.05, 4.69) is 22.3 Å². The summed E-state index contributed by atoms with van der Waals surface area (Å²) in [6.07, 6.45) is 0. The van der Waals surface area contributed by atoms with Crippen molar-refractivity contribution in [2.45, 2.75) is 19.8 Å². The summed E-state index contributed by atoms with van der Waals surface area (Å²) in [5.74, 6) is 1.17. The molecule has 0 aliphatic carbocycles. The van der Waals surface area contributed by atoms with Crippen molar-refractivity contribution >= 4 is 33.1 Å². The lowest BCUT2D eigenvalue weighted by atomic mass is 9.91. The van der Waals surface area contributed by atoms with Gasteiger partial charge in [0.15, 0.2) is 0 Å². The number of carbonyl (C=O) groups is 1. The summed E-state index contributed by atoms with van der Waals surface area (Å²) in [5.41, 5.74) is 9.86. The Morgan fingerprint density at radius 3 is 2.58 bits per heavy atom. The van der Waals surface area contributed by atoms with Gasteiger partial charge in [0, 0.05) is 24.4 Å². The summed E-state index contributed by atoms with van der Waals surface area (Å²) in [6, 6.07) is 8.02. The number of rotatable bonds is 3. The molecule has 1 aliphatic rings. The Kier molecular flexibility index (Phi) is 4.03. The molecular formula is C19H20N4O2S. The summed E-state index contributed by atoms with van der Waals surface area (Å²) in [7, 11) is 1.65. The van der Waals surface area contributed by atoms with Crippen molar-refractivity contribution in [3.63, 3.8) is 0 Å². The van der Waals surface area contributed by atoms with E-state index < -0.39 is 0 Å². The van der Waals surface area contributed by atoms with Gasteiger partial charge >= 0.3 is 0 Å². The monoisotopic (exact) mass is 368 g/mol. The number of carbonyl (C=O) groups excluding carboxylic acids is 1. The van der Waals surface area contributed by atoms with E-state index >= 15 is 0 Å². The first-order chi connectivity index (χ1) is 12.5. The second-order valence-electron chi connectivity index (χ2n) is 6.62. The summed E-state index contributed by atoms with van der Waals surface area (Å²) < 4.78 is 5.19. The van der Waals surface area contributed by atoms with Crippen molar-refractivity contribution in [1.82, 2.24) is 15.1 Å². The quantitative estimate of drug-likeness (QED) is 0.768. The summed E-state index contributed by atoms with van der Waals surface area (Å²) in [4.78, 5) is 16.0. The zero-order valence-corrected chi connectivity index (χ0v) is 15.8. The fourth-order valence-electron chi connectivity index (χ4n) is 3.27. The van der Waals surface area contributed by atoms with Gasteiger partial charge < -0.3 is 15.4 Å². The SMILES string of the molecule is COc1ccc(C2CN(C(=O)c3sc4nnc(C)c(C)c4c3N)C2)cc1. The van der Waals surface area contributed by atoms with Gasteiger partial charge in [-0.2, -0.15) is 5.10 Å². The lowest BCUT2D eigenvalue weighted by Crippen LogP contribution is -2.48. The molecule has 1 amide bonds. The fourth-order valence-corrected chi connectivity index (χ4v) is 4.34. The molecule has 3 heterocycles. The largest absolute Gasteiger partial charge is 0.497 e. The van der Waals surface area contributed by atoms with Gasteiger partial charge in [-0.15, -0.1) is 16.4 Å². The lowest BCUT2D eigenvalue weighted by Gasteiger charge is -2.39. The van der Waals surface area contributed by atoms with Gasteiger partial charge in [-0.3, -0.25) is 4.79 Å². The minimum Gasteiger partial charge on any atom is -0.497 e. The summed E-state index contributed by atoms with van der Waals surface area (Å²) >= 11 is 1.33. The van der Waals surface area contributed by atoms with Gasteiger partial charge in [0.05, 0.1) is 18.5 Å². The van der Waals surface area contributed by atoms with E-state index in [4.69, 9.17) is 10.5 Å². The van der Waals surface area contributed by atoms with Gasteiger partial charge in [0.1, 0.15) is 15.5 Å². The van der Waals surface area contributed by atoms with Crippen molar-refractivity contribution in [2.75, 3.05) is 25.9 Å². The smallest absolute Gasteiger partial charge is 0.266 e. The Bertz CT molecular complexity index is 991. The van der Waals surface area contributed by atoms with E-state index in [1.807, 2.05) is 30.9 Å². The van der Waals surface area contributed by atoms with Gasteiger partial charge in [-0.1, -0.05) is 12.1 Å². The topological polar surface area (TPSA) is 81.3 Å². The highest BCUT2D eigenvalue weighted by molar-refractivity contribution is 7.21. The number of fused-ring (bicyclic) bond motifs is 1. The molecule has 134 valence electrons. The summed E-state index contributed by atoms with van der Waals surface area (Å²) in [5, 5.41) is 9.19. The van der Waals surface area contributed by atoms with Gasteiger partial charge in [0.2, 0.25) is 0 Å². The Balaban J connectivity index is 1.53. The first-order valence-electron chi connectivity index (χ1n) is 8.44. The first-order valence-corrected chi connectivity index (χ1v) is 9.26. The number of ether oxygens (including phenoxy) is 1. The molecule has 0 unspecified atom stereocenters. The van der Waals surface area contributed by atoms with Crippen LogP contribution in [0.25, 0.3) is 10.2 Å². The average molecular weight is 368 g/mol. The highest BCUT2D eigenvalue weighted by Crippen LogP contribution is 2.37. The molecule has 0 radical (unpaired) electrons. The highest BCUT2D eigenvalue weighted by atomic mass is 32.1. The third-order valence-corrected chi connectivity index (χ3v) is 6.16. The second-order valence-corrected chi connectivity index (χ2v) is 7.61. The molecule has 1 fully saturated rings. The van der Waals surface area contributed by atoms with Crippen molar-refractivity contribution in [3.05, 3.63) is 46.0 Å². The molecule has 4 rings (SSSR count). The maximum Gasteiger partial charge on any atom is 0.266 e. The predicted molar refractivity (Wildman–Crippen MR) is 103 cm³/mol. The van der Waals surface area contributed by atoms with E-state index in [-0.39, 0.29) is 5.91 Å². The van der Waals surface area contributed by atoms with Crippen LogP contribution in [0, 0.1) is 13.8 Å². The van der Waals surface area contributed by atoms with Crippen LogP contribution in [0.4, 0.5) is 5.69 Å². The van der Waals surface area contributed by atoms with Crippen LogP contribution in [0.1, 0.15) is 32.4 Å². The molecule has 3 aromatic rings. The number of nitrogens with zero attached hydrogens (tertiary/aromatic N) is 3. The predicted octanol–water partition coefficient (Wildman–Crippen LogP) is 3.14. The molecule has 2 aromatic heterocycles. The molecule has 0 bridgehead atoms. The molecule has 0 saturated carbocycles. The zero-order valence-electron chi connectivity index (χ0n) is 14.9. The maximum absolute atomic E-state index is 12.9. The number of aromatic nitrogens is 2. The molecule has 1 saturated heterocycles. The lowest BCUT2D eigenvalue weighted by molar-refractivity contribution is 0.0608. The number of hydrogen-bond donors (Lipinski definition) is 1. The number of benzene rings is 1. The Morgan fingerprint density at radius 2 is 1.92 bits per heavy atom. The van der Waals surface area contributed by atoms with E-state index in [0.29, 0.717) is 29.6 Å². The number of amides is 1. The number of hydrogen-bond acceptors (Lipinski definition) is 6. The number of nitrogens with two attached hydrogens (primary N) is 1. The third-order valence-electron chi connectivity index (χ3n) is 5.09. The molecule has 26 heavy (non-hydrogen) atoms. The van der Waals surface area contributed by atoms with Crippen LogP contribution in [-0.4, -0.2) is 41.2 Å². The van der Waals surface area contributed by atoms with Crippen LogP contribution >= 0.6 is 11.3 Å². The highest BCUT2D eigenvalue weighted by Gasteiger charge is 2.34. The molecule has 0 atom stereocenters. The molecule has 0 spiro atoms. The van der Waals surface area contributed by atoms with Gasteiger partial charge in [0.25, 0.3) is 5.91 Å². The van der Waals surface area contributed by atoms with Crippen LogP contribution in [0.3, 0.4) is 0 Å². The number of aryl methyl sites for hydroxylation is 2. The Hall–Kier alpha value is -2.67. The van der Waals surface area contributed by atoms with Crippen LogP contribution in [0.15, 0.2) is 24.3 Å². The van der Waals surface area contributed by atoms with Crippen molar-refractivity contribution in [2.24, 2.45) is 0 Å². The van der Waals surface area contributed by atoms with Crippen LogP contribution in [0.2, 0.25) is 0 Å². The van der Waals surface area contributed by atoms with Crippen LogP contribution < -0.4 is 10.5 Å². The van der Waals surface area contributed by atoms with Crippen molar-refractivity contribution in [1.29, 1.82) is 0 Å². The number of likely N-dealkylation sites (tertiary alicyclic amines) is 1. The number of thiophene rings is 1. The van der Waals surface area contributed by atoms with Crippen LogP contribution in [-0.2, 0) is 0 Å². The normalized spacial score (nSPS) is 14.5.